The predicted molar refractivity (Wildman–Crippen MR) is 72.5 cm³/mol. The number of para-hydroxylation sites is 1. The van der Waals surface area contributed by atoms with Crippen LogP contribution in [-0.2, 0) is 4.79 Å². The van der Waals surface area contributed by atoms with Gasteiger partial charge in [-0.05, 0) is 32.0 Å². The molecule has 2 rings (SSSR count). The Labute approximate surface area is 115 Å². The zero-order valence-electron chi connectivity index (χ0n) is 10.6. The largest absolute Gasteiger partial charge is 0.325 e. The average molecular weight is 286 g/mol. The standard InChI is InChI=1S/C13H16F2N2OS/c1-13(6-7-16-8-13)11(18)17-9-4-2-3-5-10(9)19-12(14)15/h2-5,12,16H,6-8H2,1H3,(H,17,18). The number of rotatable bonds is 4. The van der Waals surface area contributed by atoms with Crippen molar-refractivity contribution in [2.75, 3.05) is 18.4 Å². The fraction of sp³-hybridized carbons (Fsp3) is 0.462. The third kappa shape index (κ3) is 3.45. The van der Waals surface area contributed by atoms with Crippen LogP contribution < -0.4 is 10.6 Å². The van der Waals surface area contributed by atoms with Gasteiger partial charge in [-0.25, -0.2) is 0 Å². The number of anilines is 1. The maximum atomic E-state index is 12.5. The highest BCUT2D eigenvalue weighted by molar-refractivity contribution is 7.99. The number of carbonyl (C=O) groups excluding carboxylic acids is 1. The van der Waals surface area contributed by atoms with Crippen LogP contribution in [0.1, 0.15) is 13.3 Å². The van der Waals surface area contributed by atoms with Crippen LogP contribution in [0, 0.1) is 5.41 Å². The molecule has 1 heterocycles. The zero-order chi connectivity index (χ0) is 13.9. The van der Waals surface area contributed by atoms with E-state index in [1.54, 1.807) is 24.3 Å². The molecular weight excluding hydrogens is 270 g/mol. The zero-order valence-corrected chi connectivity index (χ0v) is 11.4. The summed E-state index contributed by atoms with van der Waals surface area (Å²) in [7, 11) is 0. The number of halogens is 2. The molecule has 0 bridgehead atoms. The van der Waals surface area contributed by atoms with Crippen molar-refractivity contribution in [2.45, 2.75) is 24.0 Å². The number of hydrogen-bond donors (Lipinski definition) is 2. The molecule has 1 atom stereocenters. The van der Waals surface area contributed by atoms with Crippen molar-refractivity contribution in [3.05, 3.63) is 24.3 Å². The van der Waals surface area contributed by atoms with E-state index in [1.165, 1.54) is 0 Å². The number of alkyl halides is 2. The van der Waals surface area contributed by atoms with Gasteiger partial charge in [0.15, 0.2) is 0 Å². The van der Waals surface area contributed by atoms with E-state index in [2.05, 4.69) is 10.6 Å². The maximum absolute atomic E-state index is 12.5. The number of amides is 1. The van der Waals surface area contributed by atoms with Crippen molar-refractivity contribution < 1.29 is 13.6 Å². The van der Waals surface area contributed by atoms with Crippen molar-refractivity contribution in [1.82, 2.24) is 5.32 Å². The van der Waals surface area contributed by atoms with Gasteiger partial charge in [0, 0.05) is 11.4 Å². The third-order valence-electron chi connectivity index (χ3n) is 3.27. The number of carbonyl (C=O) groups is 1. The molecule has 0 radical (unpaired) electrons. The number of benzene rings is 1. The molecule has 0 spiro atoms. The van der Waals surface area contributed by atoms with Crippen LogP contribution in [0.5, 0.6) is 0 Å². The molecule has 1 fully saturated rings. The Morgan fingerprint density at radius 3 is 2.84 bits per heavy atom. The molecule has 2 N–H and O–H groups in total. The van der Waals surface area contributed by atoms with Crippen molar-refractivity contribution in [3.8, 4) is 0 Å². The maximum Gasteiger partial charge on any atom is 0.288 e. The number of thioether (sulfide) groups is 1. The van der Waals surface area contributed by atoms with Gasteiger partial charge in [-0.2, -0.15) is 8.78 Å². The first-order chi connectivity index (χ1) is 9.01. The molecule has 6 heteroatoms. The molecule has 0 aromatic heterocycles. The lowest BCUT2D eigenvalue weighted by molar-refractivity contribution is -0.123. The van der Waals surface area contributed by atoms with E-state index in [1.807, 2.05) is 6.92 Å². The molecule has 1 saturated heterocycles. The molecule has 1 amide bonds. The van der Waals surface area contributed by atoms with Gasteiger partial charge in [-0.15, -0.1) is 0 Å². The number of nitrogens with one attached hydrogen (secondary N) is 2. The van der Waals surface area contributed by atoms with Gasteiger partial charge in [0.05, 0.1) is 11.1 Å². The normalized spacial score (nSPS) is 22.7. The van der Waals surface area contributed by atoms with Crippen molar-refractivity contribution in [1.29, 1.82) is 0 Å². The first kappa shape index (κ1) is 14.3. The summed E-state index contributed by atoms with van der Waals surface area (Å²) < 4.78 is 24.9. The van der Waals surface area contributed by atoms with Crippen molar-refractivity contribution in [3.63, 3.8) is 0 Å². The lowest BCUT2D eigenvalue weighted by Gasteiger charge is -2.22. The van der Waals surface area contributed by atoms with E-state index in [4.69, 9.17) is 0 Å². The SMILES string of the molecule is CC1(C(=O)Nc2ccccc2SC(F)F)CCNC1. The molecule has 1 unspecified atom stereocenters. The van der Waals surface area contributed by atoms with Gasteiger partial charge in [-0.1, -0.05) is 23.9 Å². The van der Waals surface area contributed by atoms with E-state index in [0.717, 1.165) is 13.0 Å². The minimum absolute atomic E-state index is 0.125. The highest BCUT2D eigenvalue weighted by Crippen LogP contribution is 2.33. The lowest BCUT2D eigenvalue weighted by Crippen LogP contribution is -2.35. The highest BCUT2D eigenvalue weighted by Gasteiger charge is 2.36. The average Bonchev–Trinajstić information content (AvgIpc) is 2.79. The quantitative estimate of drug-likeness (QED) is 0.836. The summed E-state index contributed by atoms with van der Waals surface area (Å²) in [5.41, 5.74) is -0.0197. The Morgan fingerprint density at radius 2 is 2.21 bits per heavy atom. The second-order valence-electron chi connectivity index (χ2n) is 4.82. The van der Waals surface area contributed by atoms with E-state index in [0.29, 0.717) is 28.9 Å². The molecule has 104 valence electrons. The van der Waals surface area contributed by atoms with Gasteiger partial charge >= 0.3 is 0 Å². The van der Waals surface area contributed by atoms with Crippen molar-refractivity contribution in [2.24, 2.45) is 5.41 Å². The van der Waals surface area contributed by atoms with Gasteiger partial charge in [0.1, 0.15) is 0 Å². The first-order valence-corrected chi connectivity index (χ1v) is 6.95. The highest BCUT2D eigenvalue weighted by atomic mass is 32.2. The van der Waals surface area contributed by atoms with Gasteiger partial charge in [0.2, 0.25) is 5.91 Å². The molecule has 0 saturated carbocycles. The van der Waals surface area contributed by atoms with Crippen LogP contribution >= 0.6 is 11.8 Å². The summed E-state index contributed by atoms with van der Waals surface area (Å²) in [5, 5.41) is 5.91. The number of hydrogen-bond acceptors (Lipinski definition) is 3. The van der Waals surface area contributed by atoms with Crippen LogP contribution in [0.25, 0.3) is 0 Å². The van der Waals surface area contributed by atoms with E-state index in [-0.39, 0.29) is 5.91 Å². The van der Waals surface area contributed by atoms with Crippen LogP contribution in [0.15, 0.2) is 29.2 Å². The van der Waals surface area contributed by atoms with Gasteiger partial charge < -0.3 is 10.6 Å². The summed E-state index contributed by atoms with van der Waals surface area (Å²) in [4.78, 5) is 12.6. The Hall–Kier alpha value is -1.14. The third-order valence-corrected chi connectivity index (χ3v) is 4.06. The Kier molecular flexibility index (Phi) is 4.42. The first-order valence-electron chi connectivity index (χ1n) is 6.07. The second-order valence-corrected chi connectivity index (χ2v) is 5.85. The van der Waals surface area contributed by atoms with Crippen LogP contribution in [0.2, 0.25) is 0 Å². The Balaban J connectivity index is 2.12. The summed E-state index contributed by atoms with van der Waals surface area (Å²) in [6.45, 7) is 3.30. The fourth-order valence-electron chi connectivity index (χ4n) is 2.05. The fourth-order valence-corrected chi connectivity index (χ4v) is 2.65. The van der Waals surface area contributed by atoms with Gasteiger partial charge in [0.25, 0.3) is 5.76 Å². The smallest absolute Gasteiger partial charge is 0.288 e. The summed E-state index contributed by atoms with van der Waals surface area (Å²) >= 11 is 0.445. The Bertz CT molecular complexity index is 462. The van der Waals surface area contributed by atoms with Crippen LogP contribution in [0.4, 0.5) is 14.5 Å². The minimum Gasteiger partial charge on any atom is -0.325 e. The molecular formula is C13H16F2N2OS. The molecule has 1 aromatic carbocycles. The predicted octanol–water partition coefficient (Wildman–Crippen LogP) is 2.94. The topological polar surface area (TPSA) is 41.1 Å². The molecule has 0 aliphatic carbocycles. The Morgan fingerprint density at radius 1 is 1.47 bits per heavy atom. The van der Waals surface area contributed by atoms with Crippen LogP contribution in [-0.4, -0.2) is 24.8 Å². The second kappa shape index (κ2) is 5.88. The van der Waals surface area contributed by atoms with Crippen molar-refractivity contribution >= 4 is 23.4 Å². The summed E-state index contributed by atoms with van der Waals surface area (Å²) in [6, 6.07) is 6.63. The summed E-state index contributed by atoms with van der Waals surface area (Å²) in [5.74, 6) is -2.62. The van der Waals surface area contributed by atoms with E-state index in [9.17, 15) is 13.6 Å². The molecule has 1 aliphatic heterocycles. The van der Waals surface area contributed by atoms with Gasteiger partial charge in [-0.3, -0.25) is 4.79 Å². The molecule has 3 nitrogen and oxygen atoms in total. The summed E-state index contributed by atoms with van der Waals surface area (Å²) in [6.07, 6.45) is 0.753. The monoisotopic (exact) mass is 286 g/mol. The lowest BCUT2D eigenvalue weighted by atomic mass is 9.89. The van der Waals surface area contributed by atoms with E-state index < -0.39 is 11.2 Å². The molecule has 1 aliphatic rings. The molecule has 1 aromatic rings. The van der Waals surface area contributed by atoms with Crippen LogP contribution in [0.3, 0.4) is 0 Å². The minimum atomic E-state index is -2.50. The van der Waals surface area contributed by atoms with E-state index >= 15 is 0 Å². The molecule has 19 heavy (non-hydrogen) atoms.